The molecule has 82 valence electrons. The molecule has 0 N–H and O–H groups in total. The van der Waals surface area contributed by atoms with E-state index in [1.807, 2.05) is 24.3 Å². The van der Waals surface area contributed by atoms with Crippen LogP contribution in [0.4, 0.5) is 4.79 Å². The number of amides is 1. The largest absolute Gasteiger partial charge is 0.497 e. The zero-order chi connectivity index (χ0) is 11.3. The van der Waals surface area contributed by atoms with Crippen molar-refractivity contribution in [3.05, 3.63) is 29.8 Å². The maximum atomic E-state index is 11.1. The van der Waals surface area contributed by atoms with Crippen molar-refractivity contribution in [2.75, 3.05) is 21.3 Å². The molecule has 0 unspecified atom stereocenters. The smallest absolute Gasteiger partial charge is 0.409 e. The molecule has 0 aromatic heterocycles. The first-order valence-electron chi connectivity index (χ1n) is 4.59. The predicted octanol–water partition coefficient (Wildman–Crippen LogP) is 1.89. The van der Waals surface area contributed by atoms with E-state index in [0.717, 1.165) is 11.3 Å². The molecule has 1 rings (SSSR count). The zero-order valence-electron chi connectivity index (χ0n) is 9.19. The molecule has 0 saturated heterocycles. The summed E-state index contributed by atoms with van der Waals surface area (Å²) in [5, 5.41) is 0. The lowest BCUT2D eigenvalue weighted by molar-refractivity contribution is 0.131. The van der Waals surface area contributed by atoms with E-state index in [1.54, 1.807) is 14.2 Å². The van der Waals surface area contributed by atoms with Gasteiger partial charge in [-0.15, -0.1) is 0 Å². The minimum atomic E-state index is -0.342. The standard InChI is InChI=1S/C11H15NO3/c1-12(11(13)15-3)8-9-4-6-10(14-2)7-5-9/h4-7H,8H2,1-3H3. The molecule has 15 heavy (non-hydrogen) atoms. The molecule has 0 spiro atoms. The van der Waals surface area contributed by atoms with Gasteiger partial charge in [0.1, 0.15) is 5.75 Å². The van der Waals surface area contributed by atoms with Crippen molar-refractivity contribution in [2.24, 2.45) is 0 Å². The van der Waals surface area contributed by atoms with Gasteiger partial charge in [-0.1, -0.05) is 12.1 Å². The molecule has 0 atom stereocenters. The van der Waals surface area contributed by atoms with E-state index in [0.29, 0.717) is 6.54 Å². The molecule has 4 nitrogen and oxygen atoms in total. The summed E-state index contributed by atoms with van der Waals surface area (Å²) in [4.78, 5) is 12.6. The van der Waals surface area contributed by atoms with Crippen LogP contribution in [0.1, 0.15) is 5.56 Å². The molecule has 0 heterocycles. The van der Waals surface area contributed by atoms with Crippen LogP contribution < -0.4 is 4.74 Å². The van der Waals surface area contributed by atoms with E-state index in [1.165, 1.54) is 12.0 Å². The monoisotopic (exact) mass is 209 g/mol. The van der Waals surface area contributed by atoms with Crippen LogP contribution in [0.3, 0.4) is 0 Å². The Labute approximate surface area is 89.4 Å². The highest BCUT2D eigenvalue weighted by molar-refractivity contribution is 5.66. The third-order valence-electron chi connectivity index (χ3n) is 2.07. The molecule has 0 fully saturated rings. The number of carbonyl (C=O) groups is 1. The van der Waals surface area contributed by atoms with Crippen molar-refractivity contribution in [3.63, 3.8) is 0 Å². The van der Waals surface area contributed by atoms with Crippen molar-refractivity contribution in [1.82, 2.24) is 4.90 Å². The van der Waals surface area contributed by atoms with Gasteiger partial charge in [-0.2, -0.15) is 0 Å². The second-order valence-corrected chi connectivity index (χ2v) is 3.17. The summed E-state index contributed by atoms with van der Waals surface area (Å²) in [5.41, 5.74) is 1.03. The SMILES string of the molecule is COC(=O)N(C)Cc1ccc(OC)cc1. The van der Waals surface area contributed by atoms with Gasteiger partial charge in [-0.3, -0.25) is 0 Å². The fourth-order valence-corrected chi connectivity index (χ4v) is 1.23. The molecule has 0 aliphatic heterocycles. The highest BCUT2D eigenvalue weighted by atomic mass is 16.5. The molecule has 4 heteroatoms. The highest BCUT2D eigenvalue weighted by Gasteiger charge is 2.07. The summed E-state index contributed by atoms with van der Waals surface area (Å²) in [6.45, 7) is 0.524. The third kappa shape index (κ3) is 3.16. The van der Waals surface area contributed by atoms with Crippen LogP contribution in [0.15, 0.2) is 24.3 Å². The number of hydrogen-bond acceptors (Lipinski definition) is 3. The Hall–Kier alpha value is -1.71. The average Bonchev–Trinajstić information content (AvgIpc) is 2.29. The van der Waals surface area contributed by atoms with Gasteiger partial charge in [0.15, 0.2) is 0 Å². The van der Waals surface area contributed by atoms with Crippen molar-refractivity contribution in [2.45, 2.75) is 6.54 Å². The maximum Gasteiger partial charge on any atom is 0.409 e. The number of nitrogens with zero attached hydrogens (tertiary/aromatic N) is 1. The normalized spacial score (nSPS) is 9.53. The first-order chi connectivity index (χ1) is 7.17. The number of rotatable bonds is 3. The molecule has 1 aromatic rings. The van der Waals surface area contributed by atoms with E-state index in [-0.39, 0.29) is 6.09 Å². The Bertz CT molecular complexity index is 321. The van der Waals surface area contributed by atoms with Gasteiger partial charge >= 0.3 is 6.09 Å². The van der Waals surface area contributed by atoms with Crippen LogP contribution in [0.25, 0.3) is 0 Å². The lowest BCUT2D eigenvalue weighted by Crippen LogP contribution is -2.25. The number of carbonyl (C=O) groups excluding carboxylic acids is 1. The van der Waals surface area contributed by atoms with Gasteiger partial charge in [-0.25, -0.2) is 4.79 Å². The molecule has 0 aliphatic carbocycles. The lowest BCUT2D eigenvalue weighted by atomic mass is 10.2. The first kappa shape index (κ1) is 11.4. The van der Waals surface area contributed by atoms with E-state index in [9.17, 15) is 4.79 Å². The van der Waals surface area contributed by atoms with Crippen LogP contribution in [0.2, 0.25) is 0 Å². The lowest BCUT2D eigenvalue weighted by Gasteiger charge is -2.15. The molecule has 0 radical (unpaired) electrons. The van der Waals surface area contributed by atoms with Crippen molar-refractivity contribution >= 4 is 6.09 Å². The minimum absolute atomic E-state index is 0.342. The topological polar surface area (TPSA) is 38.8 Å². The van der Waals surface area contributed by atoms with Crippen LogP contribution in [0, 0.1) is 0 Å². The van der Waals surface area contributed by atoms with Crippen molar-refractivity contribution in [1.29, 1.82) is 0 Å². The molecule has 1 amide bonds. The van der Waals surface area contributed by atoms with Crippen LogP contribution in [0.5, 0.6) is 5.75 Å². The molecule has 0 aliphatic rings. The Morgan fingerprint density at radius 2 is 1.87 bits per heavy atom. The van der Waals surface area contributed by atoms with Crippen LogP contribution in [-0.2, 0) is 11.3 Å². The number of benzene rings is 1. The van der Waals surface area contributed by atoms with Crippen LogP contribution >= 0.6 is 0 Å². The van der Waals surface area contributed by atoms with Gasteiger partial charge in [0.05, 0.1) is 14.2 Å². The summed E-state index contributed by atoms with van der Waals surface area (Å²) < 4.78 is 9.63. The maximum absolute atomic E-state index is 11.1. The number of hydrogen-bond donors (Lipinski definition) is 0. The summed E-state index contributed by atoms with van der Waals surface area (Å²) >= 11 is 0. The summed E-state index contributed by atoms with van der Waals surface area (Å²) in [6, 6.07) is 7.55. The Morgan fingerprint density at radius 1 is 1.27 bits per heavy atom. The molecule has 1 aromatic carbocycles. The Morgan fingerprint density at radius 3 is 2.33 bits per heavy atom. The van der Waals surface area contributed by atoms with E-state index in [4.69, 9.17) is 4.74 Å². The second kappa shape index (κ2) is 5.24. The Balaban J connectivity index is 2.60. The molecular formula is C11H15NO3. The summed E-state index contributed by atoms with van der Waals surface area (Å²) in [5.74, 6) is 0.805. The molecule has 0 bridgehead atoms. The predicted molar refractivity (Wildman–Crippen MR) is 56.9 cm³/mol. The van der Waals surface area contributed by atoms with Crippen molar-refractivity contribution < 1.29 is 14.3 Å². The number of ether oxygens (including phenoxy) is 2. The van der Waals surface area contributed by atoms with Crippen molar-refractivity contribution in [3.8, 4) is 5.75 Å². The van der Waals surface area contributed by atoms with Crippen LogP contribution in [-0.4, -0.2) is 32.3 Å². The number of methoxy groups -OCH3 is 2. The van der Waals surface area contributed by atoms with E-state index >= 15 is 0 Å². The van der Waals surface area contributed by atoms with E-state index < -0.39 is 0 Å². The van der Waals surface area contributed by atoms with Gasteiger partial charge in [0.25, 0.3) is 0 Å². The van der Waals surface area contributed by atoms with Gasteiger partial charge in [0.2, 0.25) is 0 Å². The minimum Gasteiger partial charge on any atom is -0.497 e. The summed E-state index contributed by atoms with van der Waals surface area (Å²) in [6.07, 6.45) is -0.342. The van der Waals surface area contributed by atoms with Gasteiger partial charge in [0, 0.05) is 13.6 Å². The van der Waals surface area contributed by atoms with Gasteiger partial charge < -0.3 is 14.4 Å². The zero-order valence-corrected chi connectivity index (χ0v) is 9.19. The highest BCUT2D eigenvalue weighted by Crippen LogP contribution is 2.12. The molecular weight excluding hydrogens is 194 g/mol. The van der Waals surface area contributed by atoms with E-state index in [2.05, 4.69) is 4.74 Å². The fourth-order valence-electron chi connectivity index (χ4n) is 1.23. The Kier molecular flexibility index (Phi) is 3.97. The fraction of sp³-hybridized carbons (Fsp3) is 0.364. The molecule has 0 saturated carbocycles. The quantitative estimate of drug-likeness (QED) is 0.763. The third-order valence-corrected chi connectivity index (χ3v) is 2.07. The second-order valence-electron chi connectivity index (χ2n) is 3.17. The summed E-state index contributed by atoms with van der Waals surface area (Å²) in [7, 11) is 4.68. The first-order valence-corrected chi connectivity index (χ1v) is 4.59. The average molecular weight is 209 g/mol. The van der Waals surface area contributed by atoms with Gasteiger partial charge in [-0.05, 0) is 17.7 Å².